The molecule has 3 heterocycles. The second-order valence-electron chi connectivity index (χ2n) is 3.82. The van der Waals surface area contributed by atoms with Crippen LogP contribution >= 0.6 is 11.3 Å². The van der Waals surface area contributed by atoms with Gasteiger partial charge in [-0.05, 0) is 12.1 Å². The van der Waals surface area contributed by atoms with Gasteiger partial charge in [0.25, 0.3) is 0 Å². The maximum Gasteiger partial charge on any atom is 0.323 e. The van der Waals surface area contributed by atoms with Gasteiger partial charge in [0.1, 0.15) is 5.01 Å². The lowest BCUT2D eigenvalue weighted by atomic mass is 10.3. The first kappa shape index (κ1) is 10.2. The highest BCUT2D eigenvalue weighted by Gasteiger charge is 2.23. The van der Waals surface area contributed by atoms with Crippen LogP contribution in [0.1, 0.15) is 4.88 Å². The van der Waals surface area contributed by atoms with E-state index in [0.717, 1.165) is 15.4 Å². The Bertz CT molecular complexity index is 566. The van der Waals surface area contributed by atoms with E-state index in [-0.39, 0.29) is 6.03 Å². The SMILES string of the molecule is CN1Cc2sc(-c3cccnc3)nc2NC1=O. The minimum absolute atomic E-state index is 0.111. The molecule has 1 aliphatic rings. The van der Waals surface area contributed by atoms with Gasteiger partial charge in [-0.25, -0.2) is 9.78 Å². The summed E-state index contributed by atoms with van der Waals surface area (Å²) in [5.74, 6) is 0.678. The fourth-order valence-corrected chi connectivity index (χ4v) is 2.71. The van der Waals surface area contributed by atoms with E-state index in [2.05, 4.69) is 15.3 Å². The number of hydrogen-bond donors (Lipinski definition) is 1. The minimum Gasteiger partial charge on any atom is -0.322 e. The molecule has 86 valence electrons. The van der Waals surface area contributed by atoms with Crippen molar-refractivity contribution in [1.29, 1.82) is 0 Å². The van der Waals surface area contributed by atoms with Crippen LogP contribution in [0.5, 0.6) is 0 Å². The summed E-state index contributed by atoms with van der Waals surface area (Å²) in [5, 5.41) is 3.65. The van der Waals surface area contributed by atoms with Crippen LogP contribution in [-0.2, 0) is 6.54 Å². The molecule has 0 atom stereocenters. The molecule has 1 aliphatic heterocycles. The molecule has 1 N–H and O–H groups in total. The van der Waals surface area contributed by atoms with E-state index in [1.54, 1.807) is 35.7 Å². The maximum absolute atomic E-state index is 11.5. The van der Waals surface area contributed by atoms with Gasteiger partial charge in [-0.3, -0.25) is 10.3 Å². The van der Waals surface area contributed by atoms with Crippen LogP contribution in [0.3, 0.4) is 0 Å². The number of fused-ring (bicyclic) bond motifs is 1. The fraction of sp³-hybridized carbons (Fsp3) is 0.182. The molecule has 6 heteroatoms. The Labute approximate surface area is 102 Å². The minimum atomic E-state index is -0.111. The van der Waals surface area contributed by atoms with Gasteiger partial charge in [0.05, 0.1) is 11.4 Å². The topological polar surface area (TPSA) is 58.1 Å². The quantitative estimate of drug-likeness (QED) is 0.839. The highest BCUT2D eigenvalue weighted by molar-refractivity contribution is 7.15. The van der Waals surface area contributed by atoms with E-state index in [0.29, 0.717) is 12.4 Å². The number of carbonyl (C=O) groups excluding carboxylic acids is 1. The third-order valence-corrected chi connectivity index (χ3v) is 3.65. The van der Waals surface area contributed by atoms with Gasteiger partial charge < -0.3 is 4.90 Å². The van der Waals surface area contributed by atoms with Crippen molar-refractivity contribution in [2.24, 2.45) is 0 Å². The monoisotopic (exact) mass is 246 g/mol. The number of anilines is 1. The summed E-state index contributed by atoms with van der Waals surface area (Å²) in [6, 6.07) is 3.73. The zero-order chi connectivity index (χ0) is 11.8. The average molecular weight is 246 g/mol. The van der Waals surface area contributed by atoms with E-state index >= 15 is 0 Å². The number of urea groups is 1. The molecule has 17 heavy (non-hydrogen) atoms. The lowest BCUT2D eigenvalue weighted by Gasteiger charge is -2.21. The van der Waals surface area contributed by atoms with E-state index in [4.69, 9.17) is 0 Å². The molecule has 0 saturated carbocycles. The first-order valence-corrected chi connectivity index (χ1v) is 5.98. The van der Waals surface area contributed by atoms with Crippen molar-refractivity contribution in [2.45, 2.75) is 6.54 Å². The van der Waals surface area contributed by atoms with Gasteiger partial charge in [0.2, 0.25) is 0 Å². The molecule has 0 radical (unpaired) electrons. The number of thiazole rings is 1. The van der Waals surface area contributed by atoms with Gasteiger partial charge >= 0.3 is 6.03 Å². The summed E-state index contributed by atoms with van der Waals surface area (Å²) in [6.07, 6.45) is 3.50. The lowest BCUT2D eigenvalue weighted by Crippen LogP contribution is -2.34. The van der Waals surface area contributed by atoms with E-state index in [9.17, 15) is 4.79 Å². The van der Waals surface area contributed by atoms with Crippen LogP contribution in [0, 0.1) is 0 Å². The number of nitrogens with one attached hydrogen (secondary N) is 1. The molecule has 0 bridgehead atoms. The number of amides is 2. The summed E-state index contributed by atoms with van der Waals surface area (Å²) in [4.78, 5) is 22.7. The predicted octanol–water partition coefficient (Wildman–Crippen LogP) is 2.18. The van der Waals surface area contributed by atoms with Gasteiger partial charge in [-0.1, -0.05) is 0 Å². The van der Waals surface area contributed by atoms with Gasteiger partial charge in [0, 0.05) is 25.0 Å². The third-order valence-electron chi connectivity index (χ3n) is 2.56. The zero-order valence-electron chi connectivity index (χ0n) is 9.17. The number of carbonyl (C=O) groups is 1. The summed E-state index contributed by atoms with van der Waals surface area (Å²) < 4.78 is 0. The molecule has 0 saturated heterocycles. The van der Waals surface area contributed by atoms with Crippen LogP contribution in [0.2, 0.25) is 0 Å². The number of pyridine rings is 1. The molecule has 0 unspecified atom stereocenters. The van der Waals surface area contributed by atoms with Gasteiger partial charge in [0.15, 0.2) is 5.82 Å². The Hall–Kier alpha value is -1.95. The summed E-state index contributed by atoms with van der Waals surface area (Å²) >= 11 is 1.59. The van der Waals surface area contributed by atoms with Crippen molar-refractivity contribution < 1.29 is 4.79 Å². The average Bonchev–Trinajstić information content (AvgIpc) is 2.74. The molecule has 0 aromatic carbocycles. The van der Waals surface area contributed by atoms with Crippen LogP contribution in [0.15, 0.2) is 24.5 Å². The number of nitrogens with zero attached hydrogens (tertiary/aromatic N) is 3. The molecule has 2 aromatic rings. The van der Waals surface area contributed by atoms with Crippen LogP contribution < -0.4 is 5.32 Å². The Morgan fingerprint density at radius 2 is 2.41 bits per heavy atom. The molecular formula is C11H10N4OS. The third kappa shape index (κ3) is 1.76. The van der Waals surface area contributed by atoms with E-state index in [1.807, 2.05) is 12.1 Å². The van der Waals surface area contributed by atoms with Crippen LogP contribution in [0.4, 0.5) is 10.6 Å². The van der Waals surface area contributed by atoms with Gasteiger partial charge in [-0.2, -0.15) is 0 Å². The van der Waals surface area contributed by atoms with Crippen LogP contribution in [-0.4, -0.2) is 27.9 Å². The van der Waals surface area contributed by atoms with Crippen molar-refractivity contribution in [3.05, 3.63) is 29.4 Å². The number of rotatable bonds is 1. The first-order chi connectivity index (χ1) is 8.24. The van der Waals surface area contributed by atoms with Crippen molar-refractivity contribution >= 4 is 23.2 Å². The standard InChI is InChI=1S/C11H10N4OS/c1-15-6-8-9(14-11(15)16)13-10(17-8)7-3-2-4-12-5-7/h2-5H,6H2,1H3,(H,14,16). The lowest BCUT2D eigenvalue weighted by molar-refractivity contribution is 0.219. The Morgan fingerprint density at radius 3 is 3.18 bits per heavy atom. The first-order valence-electron chi connectivity index (χ1n) is 5.16. The predicted molar refractivity (Wildman–Crippen MR) is 65.8 cm³/mol. The molecule has 5 nitrogen and oxygen atoms in total. The number of hydrogen-bond acceptors (Lipinski definition) is 4. The molecule has 0 spiro atoms. The van der Waals surface area contributed by atoms with Gasteiger partial charge in [-0.15, -0.1) is 11.3 Å². The van der Waals surface area contributed by atoms with Crippen molar-refractivity contribution in [1.82, 2.24) is 14.9 Å². The molecule has 2 amide bonds. The van der Waals surface area contributed by atoms with E-state index < -0.39 is 0 Å². The fourth-order valence-electron chi connectivity index (χ4n) is 1.65. The smallest absolute Gasteiger partial charge is 0.322 e. The summed E-state index contributed by atoms with van der Waals surface area (Å²) in [7, 11) is 1.77. The summed E-state index contributed by atoms with van der Waals surface area (Å²) in [5.41, 5.74) is 0.976. The number of aromatic nitrogens is 2. The highest BCUT2D eigenvalue weighted by Crippen LogP contribution is 2.33. The van der Waals surface area contributed by atoms with Crippen LogP contribution in [0.25, 0.3) is 10.6 Å². The second-order valence-corrected chi connectivity index (χ2v) is 4.90. The Morgan fingerprint density at radius 1 is 1.53 bits per heavy atom. The van der Waals surface area contributed by atoms with E-state index in [1.165, 1.54) is 0 Å². The van der Waals surface area contributed by atoms with Crippen molar-refractivity contribution in [3.8, 4) is 10.6 Å². The second kappa shape index (κ2) is 3.81. The molecule has 0 aliphatic carbocycles. The largest absolute Gasteiger partial charge is 0.323 e. The highest BCUT2D eigenvalue weighted by atomic mass is 32.1. The zero-order valence-corrected chi connectivity index (χ0v) is 9.99. The normalized spacial score (nSPS) is 14.4. The molecule has 3 rings (SSSR count). The molecular weight excluding hydrogens is 236 g/mol. The van der Waals surface area contributed by atoms with Crippen molar-refractivity contribution in [2.75, 3.05) is 12.4 Å². The molecule has 2 aromatic heterocycles. The Kier molecular flexibility index (Phi) is 2.29. The van der Waals surface area contributed by atoms with Crippen molar-refractivity contribution in [3.63, 3.8) is 0 Å². The summed E-state index contributed by atoms with van der Waals surface area (Å²) in [6.45, 7) is 0.610. The maximum atomic E-state index is 11.5. The molecule has 0 fully saturated rings. The Balaban J connectivity index is 2.01.